The second kappa shape index (κ2) is 10.8. The molecule has 0 N–H and O–H groups in total. The minimum Gasteiger partial charge on any atom is -1.00 e. The third-order valence-corrected chi connectivity index (χ3v) is 11.1. The van der Waals surface area contributed by atoms with Gasteiger partial charge in [0.2, 0.25) is 0 Å². The van der Waals surface area contributed by atoms with E-state index in [9.17, 15) is 0 Å². The van der Waals surface area contributed by atoms with E-state index in [1.807, 2.05) is 0 Å². The van der Waals surface area contributed by atoms with Gasteiger partial charge in [-0.1, -0.05) is 0 Å². The van der Waals surface area contributed by atoms with E-state index in [1.54, 1.807) is 14.3 Å². The number of rotatable bonds is 6. The Balaban J connectivity index is 0.00000181. The minimum atomic E-state index is -1.56. The fourth-order valence-corrected chi connectivity index (χ4v) is 11.1. The SMILES string of the molecule is C[C](C)=[Zr+2][C]1(C2C(CC(C)O[Si](C)(C)C)=Cc3ccccc32)C=Cc2ccccc21.[Cl-].[Cl-]. The standard InChI is InChI=1S/C24H27OSi.C3H6.2ClH.Zr/c1-17(25-26(2,3)4)15-20-16-19-10-6-8-12-22(19)24(20)23-14-13-18-9-5-7-11-21(18)23;1-3-2;;;/h5-14,16-17,24H,15H2,1-4H3;1-2H3;2*1H;/q;;;;+2/p-2. The summed E-state index contributed by atoms with van der Waals surface area (Å²) in [5.74, 6) is 0.433. The van der Waals surface area contributed by atoms with Gasteiger partial charge >= 0.3 is 195 Å². The molecule has 0 fully saturated rings. The number of hydrogen-bond acceptors (Lipinski definition) is 1. The fourth-order valence-electron chi connectivity index (χ4n) is 5.26. The number of allylic oxidation sites excluding steroid dienone is 1. The first-order valence-electron chi connectivity index (χ1n) is 11.0. The molecule has 4 rings (SSSR count). The summed E-state index contributed by atoms with van der Waals surface area (Å²) in [4.78, 5) is 0. The molecule has 1 nitrogen and oxygen atoms in total. The van der Waals surface area contributed by atoms with Crippen molar-refractivity contribution in [2.45, 2.75) is 62.0 Å². The summed E-state index contributed by atoms with van der Waals surface area (Å²) < 4.78 is 8.28. The predicted molar refractivity (Wildman–Crippen MR) is 129 cm³/mol. The van der Waals surface area contributed by atoms with E-state index in [2.05, 4.69) is 107 Å². The largest absolute Gasteiger partial charge is 1.00 e. The Morgan fingerprint density at radius 1 is 1.00 bits per heavy atom. The van der Waals surface area contributed by atoms with Gasteiger partial charge in [-0.2, -0.15) is 0 Å². The molecule has 0 aliphatic heterocycles. The Labute approximate surface area is 218 Å². The summed E-state index contributed by atoms with van der Waals surface area (Å²) in [5.41, 5.74) is 7.43. The van der Waals surface area contributed by atoms with Crippen molar-refractivity contribution >= 4 is 23.7 Å². The monoisotopic (exact) mass is 561 g/mol. The first-order chi connectivity index (χ1) is 14.2. The molecule has 0 spiro atoms. The molecule has 2 aliphatic carbocycles. The van der Waals surface area contributed by atoms with E-state index in [0.717, 1.165) is 6.42 Å². The molecule has 32 heavy (non-hydrogen) atoms. The van der Waals surface area contributed by atoms with Crippen molar-refractivity contribution in [1.29, 1.82) is 0 Å². The zero-order valence-corrected chi connectivity index (χ0v) is 24.8. The van der Waals surface area contributed by atoms with Crippen molar-refractivity contribution < 1.29 is 52.0 Å². The van der Waals surface area contributed by atoms with Gasteiger partial charge in [0.1, 0.15) is 0 Å². The molecule has 0 saturated carbocycles. The van der Waals surface area contributed by atoms with Crippen LogP contribution in [-0.4, -0.2) is 17.6 Å². The normalized spacial score (nSPS) is 21.4. The van der Waals surface area contributed by atoms with Crippen LogP contribution in [0.4, 0.5) is 0 Å². The van der Waals surface area contributed by atoms with Crippen LogP contribution in [0.1, 0.15) is 55.4 Å². The Hall–Kier alpha value is -0.570. The minimum absolute atomic E-state index is 0. The summed E-state index contributed by atoms with van der Waals surface area (Å²) in [5, 5.41) is 0. The smallest absolute Gasteiger partial charge is 1.00 e. The Kier molecular flexibility index (Phi) is 9.33. The van der Waals surface area contributed by atoms with Gasteiger partial charge in [0.05, 0.1) is 0 Å². The second-order valence-electron chi connectivity index (χ2n) is 9.94. The summed E-state index contributed by atoms with van der Waals surface area (Å²) >= 11 is -0.857. The molecule has 0 saturated heterocycles. The van der Waals surface area contributed by atoms with Crippen LogP contribution in [0.5, 0.6) is 0 Å². The molecule has 169 valence electrons. The molecule has 0 bridgehead atoms. The first kappa shape index (κ1) is 27.7. The van der Waals surface area contributed by atoms with Crippen LogP contribution in [0.25, 0.3) is 12.2 Å². The third-order valence-electron chi connectivity index (χ3n) is 5.94. The molecule has 3 atom stereocenters. The molecular weight excluding hydrogens is 531 g/mol. The third kappa shape index (κ3) is 5.56. The van der Waals surface area contributed by atoms with E-state index in [-0.39, 0.29) is 34.0 Å². The molecular formula is C27H33Cl2OSiZr. The Morgan fingerprint density at radius 2 is 1.62 bits per heavy atom. The maximum atomic E-state index is 6.48. The van der Waals surface area contributed by atoms with Crippen LogP contribution in [0, 0.1) is 0 Å². The van der Waals surface area contributed by atoms with Crippen LogP contribution in [0.3, 0.4) is 0 Å². The van der Waals surface area contributed by atoms with Gasteiger partial charge in [0, 0.05) is 0 Å². The molecule has 5 heteroatoms. The molecule has 3 unspecified atom stereocenters. The molecule has 0 aromatic heterocycles. The second-order valence-corrected chi connectivity index (χ2v) is 19.5. The van der Waals surface area contributed by atoms with Crippen LogP contribution >= 0.6 is 0 Å². The van der Waals surface area contributed by atoms with E-state index < -0.39 is 31.1 Å². The average Bonchev–Trinajstić information content (AvgIpc) is 3.18. The Morgan fingerprint density at radius 3 is 2.28 bits per heavy atom. The van der Waals surface area contributed by atoms with Crippen molar-refractivity contribution in [2.75, 3.05) is 0 Å². The van der Waals surface area contributed by atoms with Crippen molar-refractivity contribution in [3.05, 3.63) is 82.4 Å². The summed E-state index contributed by atoms with van der Waals surface area (Å²) in [6.45, 7) is 13.8. The molecule has 2 aromatic carbocycles. The number of benzene rings is 2. The van der Waals surface area contributed by atoms with Crippen LogP contribution < -0.4 is 24.8 Å². The quantitative estimate of drug-likeness (QED) is 0.478. The van der Waals surface area contributed by atoms with E-state index in [0.29, 0.717) is 5.92 Å². The van der Waals surface area contributed by atoms with Crippen molar-refractivity contribution in [1.82, 2.24) is 0 Å². The van der Waals surface area contributed by atoms with Crippen LogP contribution in [0.2, 0.25) is 19.6 Å². The number of hydrogen-bond donors (Lipinski definition) is 0. The summed E-state index contributed by atoms with van der Waals surface area (Å²) in [6, 6.07) is 18.1. The van der Waals surface area contributed by atoms with Crippen LogP contribution in [0.15, 0.2) is 60.2 Å². The molecule has 2 aliphatic rings. The van der Waals surface area contributed by atoms with Crippen molar-refractivity contribution in [3.8, 4) is 0 Å². The maximum Gasteiger partial charge on any atom is -1.00 e. The van der Waals surface area contributed by atoms with Gasteiger partial charge in [0.15, 0.2) is 0 Å². The van der Waals surface area contributed by atoms with E-state index >= 15 is 0 Å². The predicted octanol–water partition coefficient (Wildman–Crippen LogP) is 1.02. The Bertz CT molecular complexity index is 1050. The van der Waals surface area contributed by atoms with Gasteiger partial charge < -0.3 is 24.8 Å². The zero-order chi connectivity index (χ0) is 21.5. The molecule has 0 radical (unpaired) electrons. The van der Waals surface area contributed by atoms with Crippen molar-refractivity contribution in [3.63, 3.8) is 0 Å². The van der Waals surface area contributed by atoms with Gasteiger partial charge in [-0.3, -0.25) is 0 Å². The van der Waals surface area contributed by atoms with Gasteiger partial charge in [-0.15, -0.1) is 0 Å². The maximum absolute atomic E-state index is 6.48. The number of halogens is 2. The zero-order valence-electron chi connectivity index (χ0n) is 19.9. The van der Waals surface area contributed by atoms with Gasteiger partial charge in [-0.05, 0) is 0 Å². The summed E-state index contributed by atoms with van der Waals surface area (Å²) in [6.07, 6.45) is 8.71. The molecule has 2 aromatic rings. The van der Waals surface area contributed by atoms with Gasteiger partial charge in [0.25, 0.3) is 0 Å². The average molecular weight is 564 g/mol. The van der Waals surface area contributed by atoms with E-state index in [1.165, 1.54) is 16.7 Å². The number of fused-ring (bicyclic) bond motifs is 2. The summed E-state index contributed by atoms with van der Waals surface area (Å²) in [7, 11) is -1.56. The van der Waals surface area contributed by atoms with Crippen LogP contribution in [-0.2, 0) is 30.3 Å². The first-order valence-corrected chi connectivity index (χ1v) is 16.9. The fraction of sp³-hybridized carbons (Fsp3) is 0.370. The van der Waals surface area contributed by atoms with Crippen molar-refractivity contribution in [2.24, 2.45) is 0 Å². The molecule has 0 heterocycles. The van der Waals surface area contributed by atoms with E-state index in [4.69, 9.17) is 4.43 Å². The molecule has 0 amide bonds. The topological polar surface area (TPSA) is 9.23 Å². The van der Waals surface area contributed by atoms with Gasteiger partial charge in [-0.25, -0.2) is 0 Å².